The predicted molar refractivity (Wildman–Crippen MR) is 141 cm³/mol. The number of nitrogens with zero attached hydrogens (tertiary/aromatic N) is 3. The molecular formula is C28H28ClN3O4. The maximum absolute atomic E-state index is 13.6. The first-order valence-corrected chi connectivity index (χ1v) is 12.2. The van der Waals surface area contributed by atoms with Gasteiger partial charge in [0.15, 0.2) is 6.61 Å². The molecule has 0 aliphatic rings. The van der Waals surface area contributed by atoms with E-state index in [9.17, 15) is 9.59 Å². The van der Waals surface area contributed by atoms with Crippen LogP contribution in [0.5, 0.6) is 11.5 Å². The number of hydrogen-bond donors (Lipinski definition) is 0. The maximum Gasteiger partial charge on any atom is 0.266 e. The van der Waals surface area contributed by atoms with Gasteiger partial charge in [0.05, 0.1) is 29.2 Å². The van der Waals surface area contributed by atoms with Crippen molar-refractivity contribution in [1.82, 2.24) is 14.5 Å². The zero-order valence-electron chi connectivity index (χ0n) is 20.5. The summed E-state index contributed by atoms with van der Waals surface area (Å²) < 4.78 is 12.8. The normalized spacial score (nSPS) is 11.8. The van der Waals surface area contributed by atoms with Gasteiger partial charge in [0.2, 0.25) is 0 Å². The first-order valence-electron chi connectivity index (χ1n) is 11.9. The van der Waals surface area contributed by atoms with Crippen LogP contribution in [0.3, 0.4) is 0 Å². The summed E-state index contributed by atoms with van der Waals surface area (Å²) in [6, 6.07) is 20.8. The highest BCUT2D eigenvalue weighted by atomic mass is 35.5. The molecule has 0 saturated carbocycles. The minimum absolute atomic E-state index is 0.152. The van der Waals surface area contributed by atoms with Gasteiger partial charge < -0.3 is 14.4 Å². The lowest BCUT2D eigenvalue weighted by atomic mass is 10.1. The summed E-state index contributed by atoms with van der Waals surface area (Å²) in [5.41, 5.74) is 1.02. The van der Waals surface area contributed by atoms with Crippen molar-refractivity contribution in [3.8, 4) is 17.2 Å². The number of fused-ring (bicyclic) bond motifs is 1. The molecule has 1 heterocycles. The molecule has 8 heteroatoms. The van der Waals surface area contributed by atoms with E-state index in [1.165, 1.54) is 0 Å². The fourth-order valence-electron chi connectivity index (χ4n) is 4.10. The Kier molecular flexibility index (Phi) is 7.90. The Labute approximate surface area is 214 Å². The summed E-state index contributed by atoms with van der Waals surface area (Å²) in [6.45, 7) is 6.47. The van der Waals surface area contributed by atoms with E-state index in [1.807, 2.05) is 57.2 Å². The fraction of sp³-hybridized carbons (Fsp3) is 0.250. The number of amides is 1. The Hall–Kier alpha value is -3.84. The summed E-state index contributed by atoms with van der Waals surface area (Å²) >= 11 is 5.93. The number of aromatic nitrogens is 2. The minimum Gasteiger partial charge on any atom is -0.494 e. The van der Waals surface area contributed by atoms with Crippen LogP contribution in [0, 0.1) is 0 Å². The second kappa shape index (κ2) is 11.3. The van der Waals surface area contributed by atoms with E-state index >= 15 is 0 Å². The molecule has 36 heavy (non-hydrogen) atoms. The first-order chi connectivity index (χ1) is 17.4. The van der Waals surface area contributed by atoms with Crippen molar-refractivity contribution in [3.05, 3.63) is 94.0 Å². The lowest BCUT2D eigenvalue weighted by molar-refractivity contribution is -0.135. The summed E-state index contributed by atoms with van der Waals surface area (Å²) in [5.74, 6) is 1.50. The van der Waals surface area contributed by atoms with E-state index in [-0.39, 0.29) is 18.1 Å². The molecule has 7 nitrogen and oxygen atoms in total. The molecule has 0 N–H and O–H groups in total. The van der Waals surface area contributed by atoms with Crippen LogP contribution in [0.15, 0.2) is 77.6 Å². The predicted octanol–water partition coefficient (Wildman–Crippen LogP) is 5.43. The zero-order chi connectivity index (χ0) is 25.7. The molecule has 0 radical (unpaired) electrons. The van der Waals surface area contributed by atoms with Crippen LogP contribution in [-0.4, -0.2) is 40.1 Å². The van der Waals surface area contributed by atoms with Gasteiger partial charge in [-0.25, -0.2) is 4.98 Å². The standard InChI is InChI=1S/C28H28ClN3O4/c1-4-31(26(33)18-36-23-14-10-20(29)11-15-23)19(3)27-30-25-9-7-6-8-24(25)28(34)32(27)21-12-16-22(17-13-21)35-5-2/h6-17,19H,4-5,18H2,1-3H3. The van der Waals surface area contributed by atoms with E-state index in [2.05, 4.69) is 0 Å². The number of ether oxygens (including phenoxy) is 2. The van der Waals surface area contributed by atoms with Crippen LogP contribution in [0.4, 0.5) is 0 Å². The average Bonchev–Trinajstić information content (AvgIpc) is 2.89. The fourth-order valence-corrected chi connectivity index (χ4v) is 4.23. The molecule has 0 bridgehead atoms. The van der Waals surface area contributed by atoms with E-state index in [0.29, 0.717) is 52.1 Å². The highest BCUT2D eigenvalue weighted by molar-refractivity contribution is 6.30. The Morgan fingerprint density at radius 1 is 0.972 bits per heavy atom. The molecule has 186 valence electrons. The van der Waals surface area contributed by atoms with Gasteiger partial charge in [0.1, 0.15) is 17.3 Å². The Morgan fingerprint density at radius 2 is 1.61 bits per heavy atom. The molecular weight excluding hydrogens is 478 g/mol. The van der Waals surface area contributed by atoms with Crippen LogP contribution in [0.1, 0.15) is 32.6 Å². The first kappa shape index (κ1) is 25.3. The van der Waals surface area contributed by atoms with Gasteiger partial charge in [0, 0.05) is 11.6 Å². The Balaban J connectivity index is 1.71. The van der Waals surface area contributed by atoms with Crippen LogP contribution < -0.4 is 15.0 Å². The van der Waals surface area contributed by atoms with Crippen molar-refractivity contribution in [2.24, 2.45) is 0 Å². The number of hydrogen-bond acceptors (Lipinski definition) is 5. The summed E-state index contributed by atoms with van der Waals surface area (Å²) in [7, 11) is 0. The van der Waals surface area contributed by atoms with Crippen molar-refractivity contribution >= 4 is 28.4 Å². The number of halogens is 1. The quantitative estimate of drug-likeness (QED) is 0.303. The summed E-state index contributed by atoms with van der Waals surface area (Å²) in [5, 5.41) is 1.09. The molecule has 1 unspecified atom stereocenters. The van der Waals surface area contributed by atoms with Gasteiger partial charge >= 0.3 is 0 Å². The lowest BCUT2D eigenvalue weighted by Crippen LogP contribution is -2.39. The number of rotatable bonds is 9. The number of benzene rings is 3. The largest absolute Gasteiger partial charge is 0.494 e. The third-order valence-electron chi connectivity index (χ3n) is 5.89. The van der Waals surface area contributed by atoms with Crippen molar-refractivity contribution in [2.45, 2.75) is 26.8 Å². The molecule has 4 rings (SSSR count). The second-order valence-electron chi connectivity index (χ2n) is 8.15. The van der Waals surface area contributed by atoms with Crippen LogP contribution >= 0.6 is 11.6 Å². The molecule has 1 amide bonds. The van der Waals surface area contributed by atoms with Gasteiger partial charge in [-0.3, -0.25) is 14.2 Å². The number of para-hydroxylation sites is 1. The number of likely N-dealkylation sites (N-methyl/N-ethyl adjacent to an activating group) is 1. The van der Waals surface area contributed by atoms with Crippen molar-refractivity contribution in [1.29, 1.82) is 0 Å². The lowest BCUT2D eigenvalue weighted by Gasteiger charge is -2.29. The van der Waals surface area contributed by atoms with Gasteiger partial charge in [0.25, 0.3) is 11.5 Å². The molecule has 1 aromatic heterocycles. The summed E-state index contributed by atoms with van der Waals surface area (Å²) in [6.07, 6.45) is 0. The smallest absolute Gasteiger partial charge is 0.266 e. The van der Waals surface area contributed by atoms with E-state index in [0.717, 1.165) is 0 Å². The molecule has 0 aliphatic heterocycles. The van der Waals surface area contributed by atoms with E-state index in [4.69, 9.17) is 26.1 Å². The highest BCUT2D eigenvalue weighted by Gasteiger charge is 2.26. The van der Waals surface area contributed by atoms with E-state index in [1.54, 1.807) is 45.9 Å². The van der Waals surface area contributed by atoms with Gasteiger partial charge in [-0.05, 0) is 81.4 Å². The second-order valence-corrected chi connectivity index (χ2v) is 8.59. The Morgan fingerprint density at radius 3 is 2.28 bits per heavy atom. The van der Waals surface area contributed by atoms with Crippen molar-refractivity contribution in [2.75, 3.05) is 19.8 Å². The maximum atomic E-state index is 13.6. The minimum atomic E-state index is -0.500. The molecule has 0 aliphatic carbocycles. The molecule has 1 atom stereocenters. The molecule has 4 aromatic rings. The van der Waals surface area contributed by atoms with Gasteiger partial charge in [-0.15, -0.1) is 0 Å². The molecule has 0 fully saturated rings. The van der Waals surface area contributed by atoms with Crippen LogP contribution in [0.25, 0.3) is 16.6 Å². The van der Waals surface area contributed by atoms with Gasteiger partial charge in [-0.1, -0.05) is 23.7 Å². The molecule has 3 aromatic carbocycles. The van der Waals surface area contributed by atoms with Gasteiger partial charge in [-0.2, -0.15) is 0 Å². The number of carbonyl (C=O) groups excluding carboxylic acids is 1. The summed E-state index contributed by atoms with van der Waals surface area (Å²) in [4.78, 5) is 33.3. The topological polar surface area (TPSA) is 73.7 Å². The number of carbonyl (C=O) groups is 1. The highest BCUT2D eigenvalue weighted by Crippen LogP contribution is 2.24. The monoisotopic (exact) mass is 505 g/mol. The SMILES string of the molecule is CCOc1ccc(-n2c(C(C)N(CC)C(=O)COc3ccc(Cl)cc3)nc3ccccc3c2=O)cc1. The molecule has 0 saturated heterocycles. The zero-order valence-corrected chi connectivity index (χ0v) is 21.2. The average molecular weight is 506 g/mol. The Bertz CT molecular complexity index is 1400. The van der Waals surface area contributed by atoms with Crippen LogP contribution in [0.2, 0.25) is 5.02 Å². The van der Waals surface area contributed by atoms with Crippen molar-refractivity contribution < 1.29 is 14.3 Å². The third kappa shape index (κ3) is 5.36. The van der Waals surface area contributed by atoms with E-state index < -0.39 is 6.04 Å². The molecule has 0 spiro atoms. The van der Waals surface area contributed by atoms with Crippen LogP contribution in [-0.2, 0) is 4.79 Å². The van der Waals surface area contributed by atoms with Crippen molar-refractivity contribution in [3.63, 3.8) is 0 Å². The third-order valence-corrected chi connectivity index (χ3v) is 6.14.